The van der Waals surface area contributed by atoms with E-state index in [1.54, 1.807) is 24.3 Å². The van der Waals surface area contributed by atoms with E-state index in [0.29, 0.717) is 23.5 Å². The number of Topliss-reactive ketones (excluding diaryl/α,β-unsaturated/α-hetero) is 1. The fraction of sp³-hybridized carbons (Fsp3) is 0.241. The number of carbonyl (C=O) groups is 2. The van der Waals surface area contributed by atoms with Crippen molar-refractivity contribution >= 4 is 17.4 Å². The second-order valence-corrected chi connectivity index (χ2v) is 8.42. The average Bonchev–Trinajstić information content (AvgIpc) is 3.14. The van der Waals surface area contributed by atoms with Crippen LogP contribution >= 0.6 is 0 Å². The number of nitrogens with zero attached hydrogens (tertiary/aromatic N) is 1. The van der Waals surface area contributed by atoms with Gasteiger partial charge in [-0.2, -0.15) is 0 Å². The van der Waals surface area contributed by atoms with E-state index in [-0.39, 0.29) is 17.9 Å². The Morgan fingerprint density at radius 1 is 0.943 bits per heavy atom. The van der Waals surface area contributed by atoms with Crippen molar-refractivity contribution in [1.29, 1.82) is 0 Å². The fourth-order valence-corrected chi connectivity index (χ4v) is 4.18. The van der Waals surface area contributed by atoms with E-state index in [4.69, 9.17) is 9.47 Å². The second kappa shape index (κ2) is 10.9. The molecule has 35 heavy (non-hydrogen) atoms. The summed E-state index contributed by atoms with van der Waals surface area (Å²) in [6.45, 7) is 2.96. The Hall–Kier alpha value is -4.06. The van der Waals surface area contributed by atoms with Crippen molar-refractivity contribution in [2.75, 3.05) is 13.7 Å². The molecule has 6 nitrogen and oxygen atoms in total. The molecule has 1 N–H and O–H groups in total. The summed E-state index contributed by atoms with van der Waals surface area (Å²) in [7, 11) is 1.53. The highest BCUT2D eigenvalue weighted by atomic mass is 16.5. The van der Waals surface area contributed by atoms with Gasteiger partial charge in [0.15, 0.2) is 0 Å². The van der Waals surface area contributed by atoms with E-state index in [0.717, 1.165) is 24.2 Å². The molecule has 1 saturated heterocycles. The number of hydrogen-bond acceptors (Lipinski definition) is 5. The van der Waals surface area contributed by atoms with Crippen molar-refractivity contribution in [1.82, 2.24) is 4.90 Å². The predicted octanol–water partition coefficient (Wildman–Crippen LogP) is 5.50. The minimum Gasteiger partial charge on any atom is -0.507 e. The van der Waals surface area contributed by atoms with Crippen LogP contribution in [0.3, 0.4) is 0 Å². The summed E-state index contributed by atoms with van der Waals surface area (Å²) in [6.07, 6.45) is 2.00. The van der Waals surface area contributed by atoms with Crippen LogP contribution in [0.1, 0.15) is 42.5 Å². The lowest BCUT2D eigenvalue weighted by Crippen LogP contribution is -2.29. The Morgan fingerprint density at radius 2 is 1.69 bits per heavy atom. The van der Waals surface area contributed by atoms with Crippen molar-refractivity contribution < 1.29 is 24.2 Å². The summed E-state index contributed by atoms with van der Waals surface area (Å²) >= 11 is 0. The van der Waals surface area contributed by atoms with Crippen LogP contribution in [-0.2, 0) is 16.1 Å². The molecule has 1 amide bonds. The van der Waals surface area contributed by atoms with Crippen LogP contribution in [0.5, 0.6) is 11.5 Å². The van der Waals surface area contributed by atoms with E-state index in [1.165, 1.54) is 12.0 Å². The number of rotatable bonds is 9. The quantitative estimate of drug-likeness (QED) is 0.193. The number of carbonyl (C=O) groups excluding carboxylic acids is 2. The number of aliphatic hydroxyl groups is 1. The monoisotopic (exact) mass is 471 g/mol. The summed E-state index contributed by atoms with van der Waals surface area (Å²) in [6, 6.07) is 22.9. The van der Waals surface area contributed by atoms with Crippen molar-refractivity contribution in [3.8, 4) is 11.5 Å². The van der Waals surface area contributed by atoms with E-state index in [9.17, 15) is 14.7 Å². The van der Waals surface area contributed by atoms with E-state index in [2.05, 4.69) is 6.92 Å². The highest BCUT2D eigenvalue weighted by Gasteiger charge is 2.46. The maximum absolute atomic E-state index is 13.2. The van der Waals surface area contributed by atoms with Gasteiger partial charge in [0.2, 0.25) is 0 Å². The molecular formula is C29H29NO5. The molecule has 0 radical (unpaired) electrons. The first-order valence-electron chi connectivity index (χ1n) is 11.7. The van der Waals surface area contributed by atoms with Gasteiger partial charge < -0.3 is 19.5 Å². The van der Waals surface area contributed by atoms with Gasteiger partial charge in [-0.3, -0.25) is 9.59 Å². The van der Waals surface area contributed by atoms with Crippen molar-refractivity contribution in [3.05, 3.63) is 101 Å². The molecule has 3 aromatic carbocycles. The van der Waals surface area contributed by atoms with Crippen LogP contribution in [-0.4, -0.2) is 35.4 Å². The van der Waals surface area contributed by atoms with Gasteiger partial charge in [0, 0.05) is 12.1 Å². The Morgan fingerprint density at radius 3 is 2.37 bits per heavy atom. The van der Waals surface area contributed by atoms with Crippen LogP contribution < -0.4 is 9.47 Å². The first-order valence-corrected chi connectivity index (χ1v) is 11.7. The standard InChI is InChI=1S/C29H29NO5/c1-3-4-17-35-23-15-13-21(14-16-23)26-25(27(31)22-11-8-12-24(18-22)34-2)28(32)29(33)30(26)19-20-9-6-5-7-10-20/h5-16,18,26,31H,3-4,17,19H2,1-2H3. The van der Waals surface area contributed by atoms with Crippen molar-refractivity contribution in [3.63, 3.8) is 0 Å². The summed E-state index contributed by atoms with van der Waals surface area (Å²) in [5, 5.41) is 11.2. The van der Waals surface area contributed by atoms with E-state index >= 15 is 0 Å². The average molecular weight is 472 g/mol. The molecule has 180 valence electrons. The molecule has 1 aliphatic rings. The molecular weight excluding hydrogens is 442 g/mol. The Kier molecular flexibility index (Phi) is 7.51. The third-order valence-corrected chi connectivity index (χ3v) is 6.04. The summed E-state index contributed by atoms with van der Waals surface area (Å²) in [5.41, 5.74) is 2.07. The molecule has 0 aromatic heterocycles. The van der Waals surface area contributed by atoms with Gasteiger partial charge in [-0.1, -0.05) is 67.9 Å². The first kappa shape index (κ1) is 24.1. The number of ketones is 1. The summed E-state index contributed by atoms with van der Waals surface area (Å²) < 4.78 is 11.0. The number of methoxy groups -OCH3 is 1. The minimum absolute atomic E-state index is 0.0545. The lowest BCUT2D eigenvalue weighted by Gasteiger charge is -2.25. The smallest absolute Gasteiger partial charge is 0.295 e. The topological polar surface area (TPSA) is 76.1 Å². The maximum Gasteiger partial charge on any atom is 0.295 e. The van der Waals surface area contributed by atoms with Crippen LogP contribution in [0.4, 0.5) is 0 Å². The lowest BCUT2D eigenvalue weighted by molar-refractivity contribution is -0.140. The summed E-state index contributed by atoms with van der Waals surface area (Å²) in [5.74, 6) is -0.333. The molecule has 1 atom stereocenters. The van der Waals surface area contributed by atoms with Gasteiger partial charge in [-0.15, -0.1) is 0 Å². The van der Waals surface area contributed by atoms with Crippen LogP contribution in [0.2, 0.25) is 0 Å². The third-order valence-electron chi connectivity index (χ3n) is 6.04. The molecule has 1 heterocycles. The zero-order chi connectivity index (χ0) is 24.8. The zero-order valence-electron chi connectivity index (χ0n) is 19.9. The van der Waals surface area contributed by atoms with Crippen LogP contribution in [0.15, 0.2) is 84.4 Å². The number of aliphatic hydroxyl groups excluding tert-OH is 1. The Balaban J connectivity index is 1.77. The normalized spacial score (nSPS) is 17.0. The molecule has 6 heteroatoms. The predicted molar refractivity (Wildman–Crippen MR) is 134 cm³/mol. The number of unbranched alkanes of at least 4 members (excludes halogenated alkanes) is 1. The molecule has 1 fully saturated rings. The highest BCUT2D eigenvalue weighted by Crippen LogP contribution is 2.41. The van der Waals surface area contributed by atoms with Crippen LogP contribution in [0.25, 0.3) is 5.76 Å². The minimum atomic E-state index is -0.744. The maximum atomic E-state index is 13.2. The van der Waals surface area contributed by atoms with E-state index in [1.807, 2.05) is 54.6 Å². The van der Waals surface area contributed by atoms with E-state index < -0.39 is 17.7 Å². The highest BCUT2D eigenvalue weighted by molar-refractivity contribution is 6.46. The van der Waals surface area contributed by atoms with Crippen molar-refractivity contribution in [2.24, 2.45) is 0 Å². The first-order chi connectivity index (χ1) is 17.0. The SMILES string of the molecule is CCCCOc1ccc(C2C(=C(O)c3cccc(OC)c3)C(=O)C(=O)N2Cc2ccccc2)cc1. The van der Waals surface area contributed by atoms with Gasteiger partial charge in [-0.25, -0.2) is 0 Å². The zero-order valence-corrected chi connectivity index (χ0v) is 19.9. The van der Waals surface area contributed by atoms with Gasteiger partial charge in [0.1, 0.15) is 17.3 Å². The molecule has 1 unspecified atom stereocenters. The number of benzene rings is 3. The molecule has 0 spiro atoms. The van der Waals surface area contributed by atoms with Gasteiger partial charge >= 0.3 is 0 Å². The number of likely N-dealkylation sites (tertiary alicyclic amines) is 1. The number of hydrogen-bond donors (Lipinski definition) is 1. The molecule has 4 rings (SSSR count). The Labute approximate surface area is 205 Å². The van der Waals surface area contributed by atoms with Crippen molar-refractivity contribution in [2.45, 2.75) is 32.4 Å². The second-order valence-electron chi connectivity index (χ2n) is 8.42. The molecule has 0 saturated carbocycles. The molecule has 0 bridgehead atoms. The largest absolute Gasteiger partial charge is 0.507 e. The fourth-order valence-electron chi connectivity index (χ4n) is 4.18. The number of amides is 1. The van der Waals surface area contributed by atoms with Gasteiger partial charge in [0.25, 0.3) is 11.7 Å². The van der Waals surface area contributed by atoms with Gasteiger partial charge in [-0.05, 0) is 41.8 Å². The Bertz CT molecular complexity index is 1220. The lowest BCUT2D eigenvalue weighted by atomic mass is 9.95. The van der Waals surface area contributed by atoms with Gasteiger partial charge in [0.05, 0.1) is 25.3 Å². The summed E-state index contributed by atoms with van der Waals surface area (Å²) in [4.78, 5) is 27.9. The molecule has 3 aromatic rings. The van der Waals surface area contributed by atoms with Crippen LogP contribution in [0, 0.1) is 0 Å². The molecule has 1 aliphatic heterocycles. The molecule has 0 aliphatic carbocycles. The third kappa shape index (κ3) is 5.22. The number of ether oxygens (including phenoxy) is 2.